The molecule has 0 spiro atoms. The molecule has 0 saturated heterocycles. The van der Waals surface area contributed by atoms with Gasteiger partial charge in [0.05, 0.1) is 0 Å². The first-order chi connectivity index (χ1) is 11.6. The molecule has 2 rings (SSSR count). The second-order valence-corrected chi connectivity index (χ2v) is 5.77. The van der Waals surface area contributed by atoms with E-state index in [1.165, 1.54) is 0 Å². The van der Waals surface area contributed by atoms with Crippen molar-refractivity contribution in [2.75, 3.05) is 13.1 Å². The topological polar surface area (TPSA) is 49.4 Å². The molecule has 2 amide bonds. The molecule has 0 aliphatic carbocycles. The van der Waals surface area contributed by atoms with Crippen molar-refractivity contribution >= 4 is 23.4 Å². The van der Waals surface area contributed by atoms with Crippen LogP contribution < -0.4 is 5.32 Å². The minimum absolute atomic E-state index is 0.117. The van der Waals surface area contributed by atoms with Crippen molar-refractivity contribution in [2.45, 2.75) is 19.9 Å². The Morgan fingerprint density at radius 1 is 1.00 bits per heavy atom. The van der Waals surface area contributed by atoms with Crippen LogP contribution in [0.1, 0.15) is 35.8 Å². The molecule has 1 N–H and O–H groups in total. The van der Waals surface area contributed by atoms with Gasteiger partial charge in [0.25, 0.3) is 5.91 Å². The molecule has 2 aromatic carbocycles. The van der Waals surface area contributed by atoms with Gasteiger partial charge in [-0.2, -0.15) is 0 Å². The smallest absolute Gasteiger partial charge is 0.252 e. The zero-order valence-electron chi connectivity index (χ0n) is 13.8. The van der Waals surface area contributed by atoms with Crippen LogP contribution in [-0.4, -0.2) is 29.8 Å². The van der Waals surface area contributed by atoms with E-state index in [1.54, 1.807) is 29.2 Å². The summed E-state index contributed by atoms with van der Waals surface area (Å²) in [5.74, 6) is -0.422. The first-order valence-corrected chi connectivity index (χ1v) is 8.34. The Balaban J connectivity index is 2.27. The molecular formula is C19H21ClN2O2. The molecule has 126 valence electrons. The maximum absolute atomic E-state index is 12.8. The Morgan fingerprint density at radius 2 is 1.58 bits per heavy atom. The number of hydrogen-bond donors (Lipinski definition) is 1. The number of halogens is 1. The second kappa shape index (κ2) is 8.50. The van der Waals surface area contributed by atoms with E-state index in [9.17, 15) is 9.59 Å². The molecule has 0 aliphatic rings. The third-order valence-electron chi connectivity index (χ3n) is 3.84. The van der Waals surface area contributed by atoms with Crippen LogP contribution in [0.5, 0.6) is 0 Å². The van der Waals surface area contributed by atoms with Gasteiger partial charge in [-0.15, -0.1) is 0 Å². The number of likely N-dealkylation sites (N-methyl/N-ethyl adjacent to an activating group) is 1. The normalized spacial score (nSPS) is 11.6. The minimum Gasteiger partial charge on any atom is -0.341 e. The van der Waals surface area contributed by atoms with Crippen LogP contribution in [0.15, 0.2) is 54.6 Å². The molecule has 0 bridgehead atoms. The zero-order valence-corrected chi connectivity index (χ0v) is 14.6. The summed E-state index contributed by atoms with van der Waals surface area (Å²) >= 11 is 5.86. The van der Waals surface area contributed by atoms with Crippen LogP contribution in [-0.2, 0) is 4.79 Å². The summed E-state index contributed by atoms with van der Waals surface area (Å²) in [6.45, 7) is 5.03. The average Bonchev–Trinajstić information content (AvgIpc) is 2.61. The van der Waals surface area contributed by atoms with Gasteiger partial charge in [0.15, 0.2) is 0 Å². The maximum Gasteiger partial charge on any atom is 0.252 e. The first kappa shape index (κ1) is 18.0. The predicted octanol–water partition coefficient (Wildman–Crippen LogP) is 3.68. The Labute approximate surface area is 147 Å². The van der Waals surface area contributed by atoms with Crippen molar-refractivity contribution in [3.8, 4) is 0 Å². The summed E-state index contributed by atoms with van der Waals surface area (Å²) in [5.41, 5.74) is 1.23. The van der Waals surface area contributed by atoms with Gasteiger partial charge in [0, 0.05) is 23.7 Å². The number of carbonyl (C=O) groups excluding carboxylic acids is 2. The van der Waals surface area contributed by atoms with E-state index < -0.39 is 6.04 Å². The van der Waals surface area contributed by atoms with Gasteiger partial charge in [0.1, 0.15) is 6.04 Å². The highest BCUT2D eigenvalue weighted by atomic mass is 35.5. The quantitative estimate of drug-likeness (QED) is 0.869. The highest BCUT2D eigenvalue weighted by Crippen LogP contribution is 2.17. The molecule has 4 nitrogen and oxygen atoms in total. The SMILES string of the molecule is CCN(CC)C(=O)[C@@H](NC(=O)c1ccc(Cl)cc1)c1ccccc1. The summed E-state index contributed by atoms with van der Waals surface area (Å²) in [5, 5.41) is 3.41. The van der Waals surface area contributed by atoms with Gasteiger partial charge < -0.3 is 10.2 Å². The third-order valence-corrected chi connectivity index (χ3v) is 4.09. The van der Waals surface area contributed by atoms with E-state index in [0.717, 1.165) is 5.56 Å². The molecule has 1 atom stereocenters. The van der Waals surface area contributed by atoms with E-state index in [1.807, 2.05) is 44.2 Å². The van der Waals surface area contributed by atoms with Crippen LogP contribution in [0.4, 0.5) is 0 Å². The average molecular weight is 345 g/mol. The number of nitrogens with one attached hydrogen (secondary N) is 1. The lowest BCUT2D eigenvalue weighted by Crippen LogP contribution is -2.42. The molecule has 0 unspecified atom stereocenters. The lowest BCUT2D eigenvalue weighted by atomic mass is 10.0. The number of rotatable bonds is 6. The number of benzene rings is 2. The van der Waals surface area contributed by atoms with Gasteiger partial charge in [-0.1, -0.05) is 41.9 Å². The van der Waals surface area contributed by atoms with Crippen molar-refractivity contribution < 1.29 is 9.59 Å². The maximum atomic E-state index is 12.8. The minimum atomic E-state index is -0.714. The fourth-order valence-electron chi connectivity index (χ4n) is 2.47. The van der Waals surface area contributed by atoms with E-state index in [0.29, 0.717) is 23.7 Å². The van der Waals surface area contributed by atoms with E-state index in [-0.39, 0.29) is 11.8 Å². The lowest BCUT2D eigenvalue weighted by molar-refractivity contribution is -0.133. The van der Waals surface area contributed by atoms with E-state index >= 15 is 0 Å². The number of amides is 2. The molecule has 5 heteroatoms. The lowest BCUT2D eigenvalue weighted by Gasteiger charge is -2.26. The Hall–Kier alpha value is -2.33. The molecule has 0 fully saturated rings. The Kier molecular flexibility index (Phi) is 6.38. The Morgan fingerprint density at radius 3 is 2.12 bits per heavy atom. The molecular weight excluding hydrogens is 324 g/mol. The van der Waals surface area contributed by atoms with Gasteiger partial charge in [0.2, 0.25) is 5.91 Å². The van der Waals surface area contributed by atoms with Crippen LogP contribution >= 0.6 is 11.6 Å². The molecule has 24 heavy (non-hydrogen) atoms. The summed E-state index contributed by atoms with van der Waals surface area (Å²) in [4.78, 5) is 27.0. The van der Waals surface area contributed by atoms with Crippen molar-refractivity contribution in [1.82, 2.24) is 10.2 Å². The van der Waals surface area contributed by atoms with Crippen molar-refractivity contribution in [2.24, 2.45) is 0 Å². The fourth-order valence-corrected chi connectivity index (χ4v) is 2.59. The number of hydrogen-bond acceptors (Lipinski definition) is 2. The molecule has 2 aromatic rings. The molecule has 0 saturated carbocycles. The van der Waals surface area contributed by atoms with Gasteiger partial charge in [-0.05, 0) is 43.7 Å². The first-order valence-electron chi connectivity index (χ1n) is 7.97. The predicted molar refractivity (Wildman–Crippen MR) is 96.0 cm³/mol. The molecule has 0 heterocycles. The van der Waals surface area contributed by atoms with Crippen LogP contribution in [0.2, 0.25) is 5.02 Å². The van der Waals surface area contributed by atoms with E-state index in [2.05, 4.69) is 5.32 Å². The number of carbonyl (C=O) groups is 2. The van der Waals surface area contributed by atoms with Gasteiger partial charge in [-0.25, -0.2) is 0 Å². The molecule has 0 radical (unpaired) electrons. The molecule has 0 aliphatic heterocycles. The van der Waals surface area contributed by atoms with Crippen LogP contribution in [0.3, 0.4) is 0 Å². The van der Waals surface area contributed by atoms with Gasteiger partial charge in [-0.3, -0.25) is 9.59 Å². The van der Waals surface area contributed by atoms with Gasteiger partial charge >= 0.3 is 0 Å². The standard InChI is InChI=1S/C19H21ClN2O2/c1-3-22(4-2)19(24)17(14-8-6-5-7-9-14)21-18(23)15-10-12-16(20)13-11-15/h5-13,17H,3-4H2,1-2H3,(H,21,23)/t17-/m0/s1. The monoisotopic (exact) mass is 344 g/mol. The molecule has 0 aromatic heterocycles. The largest absolute Gasteiger partial charge is 0.341 e. The van der Waals surface area contributed by atoms with Crippen LogP contribution in [0, 0.1) is 0 Å². The Bertz CT molecular complexity index is 682. The van der Waals surface area contributed by atoms with Crippen molar-refractivity contribution in [3.63, 3.8) is 0 Å². The van der Waals surface area contributed by atoms with E-state index in [4.69, 9.17) is 11.6 Å². The van der Waals surface area contributed by atoms with Crippen molar-refractivity contribution in [1.29, 1.82) is 0 Å². The number of nitrogens with zero attached hydrogens (tertiary/aromatic N) is 1. The summed E-state index contributed by atoms with van der Waals surface area (Å²) in [7, 11) is 0. The third kappa shape index (κ3) is 4.36. The highest BCUT2D eigenvalue weighted by Gasteiger charge is 2.26. The fraction of sp³-hybridized carbons (Fsp3) is 0.263. The zero-order chi connectivity index (χ0) is 17.5. The summed E-state index contributed by atoms with van der Waals surface area (Å²) < 4.78 is 0. The summed E-state index contributed by atoms with van der Waals surface area (Å²) in [6.07, 6.45) is 0. The highest BCUT2D eigenvalue weighted by molar-refractivity contribution is 6.30. The van der Waals surface area contributed by atoms with Crippen LogP contribution in [0.25, 0.3) is 0 Å². The van der Waals surface area contributed by atoms with Crippen molar-refractivity contribution in [3.05, 3.63) is 70.7 Å². The summed E-state index contributed by atoms with van der Waals surface area (Å²) in [6, 6.07) is 15.1. The second-order valence-electron chi connectivity index (χ2n) is 5.33.